The van der Waals surface area contributed by atoms with Gasteiger partial charge in [0, 0.05) is 23.7 Å². The molecule has 0 aliphatic carbocycles. The topological polar surface area (TPSA) is 25.8 Å². The van der Waals surface area contributed by atoms with E-state index in [1.807, 2.05) is 24.3 Å². The van der Waals surface area contributed by atoms with Gasteiger partial charge in [0.1, 0.15) is 5.69 Å². The molecule has 2 nitrogen and oxygen atoms in total. The third-order valence-corrected chi connectivity index (χ3v) is 3.99. The zero-order valence-electron chi connectivity index (χ0n) is 12.2. The number of pyridine rings is 2. The highest BCUT2D eigenvalue weighted by Gasteiger charge is 2.25. The first-order valence-corrected chi connectivity index (χ1v) is 8.08. The summed E-state index contributed by atoms with van der Waals surface area (Å²) in [5.74, 6) is 0.939. The summed E-state index contributed by atoms with van der Waals surface area (Å²) in [5, 5.41) is 0. The number of halogens is 3. The molecule has 0 bridgehead atoms. The number of hydrogen-bond donors (Lipinski definition) is 0. The summed E-state index contributed by atoms with van der Waals surface area (Å²) in [6.45, 7) is 2.07. The van der Waals surface area contributed by atoms with Crippen LogP contribution >= 0.6 is 11.8 Å². The average molecular weight is 326 g/mol. The van der Waals surface area contributed by atoms with Crippen LogP contribution in [0.1, 0.15) is 25.3 Å². The second-order valence-corrected chi connectivity index (χ2v) is 6.11. The number of thioether (sulfide) groups is 1. The molecule has 0 radical (unpaired) electrons. The lowest BCUT2D eigenvalue weighted by Crippen LogP contribution is -2.07. The van der Waals surface area contributed by atoms with Gasteiger partial charge in [-0.1, -0.05) is 13.0 Å². The molecule has 0 saturated carbocycles. The van der Waals surface area contributed by atoms with Gasteiger partial charge >= 0.3 is 6.18 Å². The van der Waals surface area contributed by atoms with Gasteiger partial charge in [0.25, 0.3) is 0 Å². The van der Waals surface area contributed by atoms with Crippen molar-refractivity contribution in [3.63, 3.8) is 0 Å². The summed E-state index contributed by atoms with van der Waals surface area (Å²) in [4.78, 5) is 9.77. The third-order valence-electron chi connectivity index (χ3n) is 3.06. The second-order valence-electron chi connectivity index (χ2n) is 4.80. The van der Waals surface area contributed by atoms with Gasteiger partial charge in [0.15, 0.2) is 0 Å². The van der Waals surface area contributed by atoms with Crippen LogP contribution in [0.3, 0.4) is 0 Å². The van der Waals surface area contributed by atoms with E-state index in [0.29, 0.717) is 6.42 Å². The molecule has 0 aliphatic rings. The van der Waals surface area contributed by atoms with Gasteiger partial charge in [-0.25, -0.2) is 0 Å². The minimum Gasteiger partial charge on any atom is -0.254 e. The van der Waals surface area contributed by atoms with E-state index in [1.165, 1.54) is 0 Å². The third kappa shape index (κ3) is 5.02. The Labute approximate surface area is 132 Å². The lowest BCUT2D eigenvalue weighted by atomic mass is 10.1. The lowest BCUT2D eigenvalue weighted by molar-refractivity contribution is -0.135. The minimum atomic E-state index is -4.09. The van der Waals surface area contributed by atoms with Crippen molar-refractivity contribution in [1.82, 2.24) is 9.97 Å². The Hall–Kier alpha value is -1.56. The van der Waals surface area contributed by atoms with Crippen molar-refractivity contribution >= 4 is 11.8 Å². The molecule has 0 N–H and O–H groups in total. The quantitative estimate of drug-likeness (QED) is 0.687. The molecule has 0 saturated heterocycles. The van der Waals surface area contributed by atoms with Crippen molar-refractivity contribution in [2.75, 3.05) is 5.75 Å². The van der Waals surface area contributed by atoms with Gasteiger partial charge in [-0.2, -0.15) is 13.2 Å². The fourth-order valence-electron chi connectivity index (χ4n) is 2.06. The van der Waals surface area contributed by atoms with Crippen molar-refractivity contribution < 1.29 is 13.2 Å². The highest BCUT2D eigenvalue weighted by molar-refractivity contribution is 7.99. The largest absolute Gasteiger partial charge is 0.389 e. The molecule has 2 heterocycles. The van der Waals surface area contributed by atoms with E-state index in [2.05, 4.69) is 16.9 Å². The molecule has 0 unspecified atom stereocenters. The van der Waals surface area contributed by atoms with E-state index in [0.717, 1.165) is 27.6 Å². The smallest absolute Gasteiger partial charge is 0.254 e. The summed E-state index contributed by atoms with van der Waals surface area (Å²) < 4.78 is 36.4. The molecule has 0 atom stereocenters. The Bertz CT molecular complexity index is 597. The number of hydrogen-bond acceptors (Lipinski definition) is 3. The van der Waals surface area contributed by atoms with Gasteiger partial charge in [-0.3, -0.25) is 9.97 Å². The van der Waals surface area contributed by atoms with Gasteiger partial charge in [0.05, 0.1) is 5.69 Å². The summed E-state index contributed by atoms with van der Waals surface area (Å²) in [6.07, 6.45) is -1.02. The van der Waals surface area contributed by atoms with Gasteiger partial charge in [-0.15, -0.1) is 11.8 Å². The number of nitrogens with zero attached hydrogens (tertiary/aromatic N) is 2. The van der Waals surface area contributed by atoms with E-state index in [4.69, 9.17) is 0 Å². The maximum absolute atomic E-state index is 12.1. The zero-order chi connectivity index (χ0) is 16.0. The standard InChI is InChI=1S/C16H17F3N2S/c1-2-22-14-6-4-10-20-15(14)13-8-7-12(11-21-13)5-3-9-16(17,18)19/h4,6-8,10-11H,2-3,5,9H2,1H3. The molecule has 2 aromatic rings. The maximum atomic E-state index is 12.1. The van der Waals surface area contributed by atoms with Crippen LogP contribution in [0.2, 0.25) is 0 Å². The summed E-state index contributed by atoms with van der Waals surface area (Å²) in [7, 11) is 0. The Morgan fingerprint density at radius 3 is 2.59 bits per heavy atom. The summed E-state index contributed by atoms with van der Waals surface area (Å²) >= 11 is 1.69. The van der Waals surface area contributed by atoms with Crippen molar-refractivity contribution in [2.45, 2.75) is 37.3 Å². The van der Waals surface area contributed by atoms with Crippen LogP contribution in [0.15, 0.2) is 41.6 Å². The first-order valence-electron chi connectivity index (χ1n) is 7.09. The van der Waals surface area contributed by atoms with Gasteiger partial charge in [-0.05, 0) is 42.4 Å². The van der Waals surface area contributed by atoms with Crippen LogP contribution in [0.4, 0.5) is 13.2 Å². The fraction of sp³-hybridized carbons (Fsp3) is 0.375. The molecule has 2 aromatic heterocycles. The number of aromatic nitrogens is 2. The lowest BCUT2D eigenvalue weighted by Gasteiger charge is -2.08. The molecule has 6 heteroatoms. The molecule has 0 spiro atoms. The van der Waals surface area contributed by atoms with Crippen molar-refractivity contribution in [3.05, 3.63) is 42.2 Å². The number of aryl methyl sites for hydroxylation is 1. The Balaban J connectivity index is 2.06. The monoisotopic (exact) mass is 326 g/mol. The van der Waals surface area contributed by atoms with Crippen LogP contribution in [0, 0.1) is 0 Å². The average Bonchev–Trinajstić information content (AvgIpc) is 2.48. The van der Waals surface area contributed by atoms with Crippen LogP contribution in [-0.4, -0.2) is 21.9 Å². The molecule has 0 amide bonds. The van der Waals surface area contributed by atoms with E-state index in [-0.39, 0.29) is 6.42 Å². The first kappa shape index (κ1) is 16.8. The van der Waals surface area contributed by atoms with Crippen LogP contribution in [0.25, 0.3) is 11.4 Å². The normalized spacial score (nSPS) is 11.6. The Morgan fingerprint density at radius 2 is 1.95 bits per heavy atom. The predicted octanol–water partition coefficient (Wildman–Crippen LogP) is 5.14. The second kappa shape index (κ2) is 7.63. The summed E-state index contributed by atoms with van der Waals surface area (Å²) in [6, 6.07) is 7.53. The van der Waals surface area contributed by atoms with E-state index in [1.54, 1.807) is 24.2 Å². The minimum absolute atomic E-state index is 0.0883. The highest BCUT2D eigenvalue weighted by Crippen LogP contribution is 2.28. The molecular weight excluding hydrogens is 309 g/mol. The first-order chi connectivity index (χ1) is 10.5. The van der Waals surface area contributed by atoms with Crippen molar-refractivity contribution in [2.24, 2.45) is 0 Å². The van der Waals surface area contributed by atoms with E-state index < -0.39 is 12.6 Å². The fourth-order valence-corrected chi connectivity index (χ4v) is 2.84. The van der Waals surface area contributed by atoms with Crippen LogP contribution in [-0.2, 0) is 6.42 Å². The number of rotatable bonds is 6. The van der Waals surface area contributed by atoms with Gasteiger partial charge in [0.2, 0.25) is 0 Å². The SMILES string of the molecule is CCSc1cccnc1-c1ccc(CCCC(F)(F)F)cn1. The molecule has 0 aromatic carbocycles. The maximum Gasteiger partial charge on any atom is 0.389 e. The number of alkyl halides is 3. The van der Waals surface area contributed by atoms with Gasteiger partial charge < -0.3 is 0 Å². The molecule has 0 fully saturated rings. The Morgan fingerprint density at radius 1 is 1.14 bits per heavy atom. The van der Waals surface area contributed by atoms with Crippen molar-refractivity contribution in [1.29, 1.82) is 0 Å². The van der Waals surface area contributed by atoms with Crippen molar-refractivity contribution in [3.8, 4) is 11.4 Å². The Kier molecular flexibility index (Phi) is 5.83. The molecule has 2 rings (SSSR count). The van der Waals surface area contributed by atoms with Crippen LogP contribution in [0.5, 0.6) is 0 Å². The van der Waals surface area contributed by atoms with E-state index >= 15 is 0 Å². The highest BCUT2D eigenvalue weighted by atomic mass is 32.2. The molecule has 22 heavy (non-hydrogen) atoms. The zero-order valence-corrected chi connectivity index (χ0v) is 13.0. The molecule has 0 aliphatic heterocycles. The van der Waals surface area contributed by atoms with Crippen LogP contribution < -0.4 is 0 Å². The predicted molar refractivity (Wildman–Crippen MR) is 82.9 cm³/mol. The molecular formula is C16H17F3N2S. The summed E-state index contributed by atoms with van der Waals surface area (Å²) in [5.41, 5.74) is 2.38. The molecule has 118 valence electrons. The van der Waals surface area contributed by atoms with E-state index in [9.17, 15) is 13.2 Å².